The second-order valence-corrected chi connectivity index (χ2v) is 10.4. The summed E-state index contributed by atoms with van der Waals surface area (Å²) in [7, 11) is -2.01. The van der Waals surface area contributed by atoms with E-state index in [9.17, 15) is 8.42 Å². The molecule has 6 heteroatoms. The van der Waals surface area contributed by atoms with Gasteiger partial charge in [0.2, 0.25) is 10.0 Å². The first-order valence-electron chi connectivity index (χ1n) is 10.6. The third-order valence-electron chi connectivity index (χ3n) is 5.63. The Morgan fingerprint density at radius 3 is 2.34 bits per heavy atom. The highest BCUT2D eigenvalue weighted by Gasteiger charge is 2.33. The fraction of sp³-hybridized carbons (Fsp3) is 0.231. The standard InChI is InChI=1S/C26H28N2O3S/c1-20-16-25-22(17-24(20)27-18-21-10-6-4-7-11-21)14-15-26(2,31-25)19-28(3)32(29,30)23-12-8-5-9-13-23/h4-17,27H,18-19H2,1-3H3. The SMILES string of the molecule is Cc1cc2c(cc1NCc1ccccc1)C=CC(C)(CN(C)S(=O)(=O)c1ccccc1)O2. The molecule has 5 nitrogen and oxygen atoms in total. The van der Waals surface area contributed by atoms with Gasteiger partial charge in [0, 0.05) is 24.8 Å². The minimum atomic E-state index is -3.59. The van der Waals surface area contributed by atoms with Crippen molar-refractivity contribution in [1.82, 2.24) is 4.31 Å². The Kier molecular flexibility index (Phi) is 6.09. The number of anilines is 1. The number of sulfonamides is 1. The number of nitrogens with one attached hydrogen (secondary N) is 1. The summed E-state index contributed by atoms with van der Waals surface area (Å²) in [5.74, 6) is 0.753. The van der Waals surface area contributed by atoms with Crippen molar-refractivity contribution in [2.75, 3.05) is 18.9 Å². The molecule has 0 fully saturated rings. The van der Waals surface area contributed by atoms with Gasteiger partial charge in [0.25, 0.3) is 0 Å². The summed E-state index contributed by atoms with van der Waals surface area (Å²) in [6.07, 6.45) is 3.94. The third-order valence-corrected chi connectivity index (χ3v) is 7.45. The van der Waals surface area contributed by atoms with E-state index in [4.69, 9.17) is 4.74 Å². The summed E-state index contributed by atoms with van der Waals surface area (Å²) in [4.78, 5) is 0.274. The molecule has 32 heavy (non-hydrogen) atoms. The van der Waals surface area contributed by atoms with Crippen LogP contribution in [0.15, 0.2) is 83.8 Å². The number of nitrogens with zero attached hydrogens (tertiary/aromatic N) is 1. The van der Waals surface area contributed by atoms with Crippen molar-refractivity contribution in [3.05, 3.63) is 95.6 Å². The van der Waals surface area contributed by atoms with Crippen LogP contribution < -0.4 is 10.1 Å². The molecule has 0 bridgehead atoms. The number of hydrogen-bond donors (Lipinski definition) is 1. The molecule has 0 saturated carbocycles. The molecule has 1 atom stereocenters. The van der Waals surface area contributed by atoms with Crippen LogP contribution in [0.1, 0.15) is 23.6 Å². The van der Waals surface area contributed by atoms with Gasteiger partial charge in [-0.25, -0.2) is 8.42 Å². The van der Waals surface area contributed by atoms with E-state index in [2.05, 4.69) is 23.5 Å². The number of aryl methyl sites for hydroxylation is 1. The molecular weight excluding hydrogens is 420 g/mol. The fourth-order valence-corrected chi connectivity index (χ4v) is 5.12. The van der Waals surface area contributed by atoms with Gasteiger partial charge >= 0.3 is 0 Å². The summed E-state index contributed by atoms with van der Waals surface area (Å²) in [6, 6.07) is 22.8. The second kappa shape index (κ2) is 8.81. The van der Waals surface area contributed by atoms with Crippen molar-refractivity contribution >= 4 is 21.8 Å². The molecule has 1 N–H and O–H groups in total. The van der Waals surface area contributed by atoms with E-state index in [1.807, 2.05) is 50.3 Å². The number of hydrogen-bond acceptors (Lipinski definition) is 4. The second-order valence-electron chi connectivity index (χ2n) is 8.37. The Labute approximate surface area is 190 Å². The summed E-state index contributed by atoms with van der Waals surface area (Å²) in [5.41, 5.74) is 3.54. The topological polar surface area (TPSA) is 58.6 Å². The van der Waals surface area contributed by atoms with Crippen LogP contribution in [0.25, 0.3) is 6.08 Å². The summed E-state index contributed by atoms with van der Waals surface area (Å²) in [5, 5.41) is 3.49. The van der Waals surface area contributed by atoms with E-state index in [-0.39, 0.29) is 11.4 Å². The van der Waals surface area contributed by atoms with Gasteiger partial charge in [0.1, 0.15) is 11.4 Å². The van der Waals surface area contributed by atoms with Gasteiger partial charge in [-0.3, -0.25) is 0 Å². The third kappa shape index (κ3) is 4.71. The van der Waals surface area contributed by atoms with Crippen molar-refractivity contribution in [1.29, 1.82) is 0 Å². The monoisotopic (exact) mass is 448 g/mol. The van der Waals surface area contributed by atoms with Crippen LogP contribution in [0.4, 0.5) is 5.69 Å². The number of benzene rings is 3. The normalized spacial score (nSPS) is 17.6. The van der Waals surface area contributed by atoms with E-state index in [0.29, 0.717) is 0 Å². The predicted octanol–water partition coefficient (Wildman–Crippen LogP) is 5.09. The lowest BCUT2D eigenvalue weighted by Gasteiger charge is -2.35. The van der Waals surface area contributed by atoms with Gasteiger partial charge in [-0.2, -0.15) is 4.31 Å². The van der Waals surface area contributed by atoms with Crippen LogP contribution in [0.5, 0.6) is 5.75 Å². The van der Waals surface area contributed by atoms with E-state index < -0.39 is 15.6 Å². The molecule has 0 aromatic heterocycles. The molecule has 0 aliphatic carbocycles. The van der Waals surface area contributed by atoms with Crippen molar-refractivity contribution in [3.63, 3.8) is 0 Å². The molecule has 0 saturated heterocycles. The zero-order valence-corrected chi connectivity index (χ0v) is 19.4. The molecular formula is C26H28N2O3S. The Hall–Kier alpha value is -3.09. The zero-order valence-electron chi connectivity index (χ0n) is 18.6. The maximum atomic E-state index is 12.9. The summed E-state index contributed by atoms with van der Waals surface area (Å²) < 4.78 is 33.5. The minimum Gasteiger partial charge on any atom is -0.481 e. The van der Waals surface area contributed by atoms with E-state index in [1.54, 1.807) is 37.4 Å². The first-order chi connectivity index (χ1) is 15.3. The average molecular weight is 449 g/mol. The van der Waals surface area contributed by atoms with E-state index in [1.165, 1.54) is 9.87 Å². The maximum absolute atomic E-state index is 12.9. The number of fused-ring (bicyclic) bond motifs is 1. The first kappa shape index (κ1) is 22.1. The Morgan fingerprint density at radius 2 is 1.66 bits per heavy atom. The molecule has 3 aromatic rings. The maximum Gasteiger partial charge on any atom is 0.242 e. The quantitative estimate of drug-likeness (QED) is 0.547. The van der Waals surface area contributed by atoms with Gasteiger partial charge in [0.05, 0.1) is 11.4 Å². The van der Waals surface area contributed by atoms with Crippen LogP contribution in [-0.2, 0) is 16.6 Å². The summed E-state index contributed by atoms with van der Waals surface area (Å²) >= 11 is 0. The number of ether oxygens (including phenoxy) is 1. The lowest BCUT2D eigenvalue weighted by molar-refractivity contribution is 0.117. The van der Waals surface area contributed by atoms with Crippen LogP contribution in [0.3, 0.4) is 0 Å². The number of rotatable bonds is 7. The van der Waals surface area contributed by atoms with Gasteiger partial charge < -0.3 is 10.1 Å². The first-order valence-corrected chi connectivity index (χ1v) is 12.0. The highest BCUT2D eigenvalue weighted by molar-refractivity contribution is 7.89. The molecule has 1 aliphatic rings. The average Bonchev–Trinajstić information content (AvgIpc) is 2.79. The minimum absolute atomic E-state index is 0.202. The molecule has 0 amide bonds. The van der Waals surface area contributed by atoms with Crippen LogP contribution in [-0.4, -0.2) is 31.9 Å². The van der Waals surface area contributed by atoms with Crippen molar-refractivity contribution in [2.45, 2.75) is 30.9 Å². The lowest BCUT2D eigenvalue weighted by atomic mass is 9.98. The molecule has 4 rings (SSSR count). The Balaban J connectivity index is 1.50. The Morgan fingerprint density at radius 1 is 1.00 bits per heavy atom. The zero-order chi connectivity index (χ0) is 22.8. The molecule has 0 spiro atoms. The molecule has 0 radical (unpaired) electrons. The molecule has 3 aromatic carbocycles. The van der Waals surface area contributed by atoms with E-state index in [0.717, 1.165) is 29.1 Å². The van der Waals surface area contributed by atoms with Crippen LogP contribution in [0, 0.1) is 6.92 Å². The smallest absolute Gasteiger partial charge is 0.242 e. The molecule has 1 unspecified atom stereocenters. The van der Waals surface area contributed by atoms with Crippen molar-refractivity contribution in [2.24, 2.45) is 0 Å². The van der Waals surface area contributed by atoms with Gasteiger partial charge in [-0.1, -0.05) is 54.6 Å². The van der Waals surface area contributed by atoms with Crippen LogP contribution >= 0.6 is 0 Å². The van der Waals surface area contributed by atoms with E-state index >= 15 is 0 Å². The highest BCUT2D eigenvalue weighted by Crippen LogP contribution is 2.36. The summed E-state index contributed by atoms with van der Waals surface area (Å²) in [6.45, 7) is 4.89. The molecule has 1 heterocycles. The fourth-order valence-electron chi connectivity index (χ4n) is 3.84. The van der Waals surface area contributed by atoms with Gasteiger partial charge in [-0.05, 0) is 55.3 Å². The van der Waals surface area contributed by atoms with Gasteiger partial charge in [0.15, 0.2) is 0 Å². The lowest BCUT2D eigenvalue weighted by Crippen LogP contribution is -2.45. The predicted molar refractivity (Wildman–Crippen MR) is 129 cm³/mol. The molecule has 1 aliphatic heterocycles. The van der Waals surface area contributed by atoms with Crippen molar-refractivity contribution < 1.29 is 13.2 Å². The highest BCUT2D eigenvalue weighted by atomic mass is 32.2. The largest absolute Gasteiger partial charge is 0.481 e. The number of likely N-dealkylation sites (N-methyl/N-ethyl adjacent to an activating group) is 1. The van der Waals surface area contributed by atoms with Crippen molar-refractivity contribution in [3.8, 4) is 5.75 Å². The van der Waals surface area contributed by atoms with Gasteiger partial charge in [-0.15, -0.1) is 0 Å². The van der Waals surface area contributed by atoms with Crippen LogP contribution in [0.2, 0.25) is 0 Å². The Bertz CT molecular complexity index is 1220. The molecule has 166 valence electrons.